The number of rotatable bonds is 2. The van der Waals surface area contributed by atoms with Crippen molar-refractivity contribution in [3.63, 3.8) is 0 Å². The first kappa shape index (κ1) is 12.3. The number of nitrogens with one attached hydrogen (secondary N) is 1. The van der Waals surface area contributed by atoms with Crippen LogP contribution in [0.3, 0.4) is 0 Å². The predicted octanol–water partition coefficient (Wildman–Crippen LogP) is 4.35. The van der Waals surface area contributed by atoms with E-state index in [9.17, 15) is 0 Å². The molecule has 0 spiro atoms. The quantitative estimate of drug-likeness (QED) is 0.686. The first-order chi connectivity index (χ1) is 7.68. The summed E-state index contributed by atoms with van der Waals surface area (Å²) in [6.45, 7) is 0. The Morgan fingerprint density at radius 3 is 2.50 bits per heavy atom. The highest BCUT2D eigenvalue weighted by atomic mass is 127. The maximum Gasteiger partial charge on any atom is 0.147 e. The lowest BCUT2D eigenvalue weighted by atomic mass is 10.3. The molecule has 6 heteroatoms. The van der Waals surface area contributed by atoms with Crippen molar-refractivity contribution in [2.45, 2.75) is 0 Å². The smallest absolute Gasteiger partial charge is 0.147 e. The molecule has 2 rings (SSSR count). The van der Waals surface area contributed by atoms with Crippen molar-refractivity contribution in [2.75, 3.05) is 5.32 Å². The Morgan fingerprint density at radius 2 is 1.88 bits per heavy atom. The van der Waals surface area contributed by atoms with Crippen LogP contribution in [0.25, 0.3) is 0 Å². The molecule has 0 radical (unpaired) electrons. The van der Waals surface area contributed by atoms with Crippen LogP contribution >= 0.6 is 54.5 Å². The Hall–Kier alpha value is -0.210. The average Bonchev–Trinajstić information content (AvgIpc) is 2.26. The Labute approximate surface area is 123 Å². The average molecular weight is 455 g/mol. The van der Waals surface area contributed by atoms with Crippen LogP contribution in [0.15, 0.2) is 39.7 Å². The van der Waals surface area contributed by atoms with Gasteiger partial charge in [-0.05, 0) is 66.6 Å². The lowest BCUT2D eigenvalue weighted by Crippen LogP contribution is -1.98. The second-order valence-electron chi connectivity index (χ2n) is 2.94. The van der Waals surface area contributed by atoms with E-state index in [1.165, 1.54) is 6.33 Å². The molecule has 0 fully saturated rings. The van der Waals surface area contributed by atoms with Gasteiger partial charge in [0.1, 0.15) is 12.1 Å². The van der Waals surface area contributed by atoms with Crippen molar-refractivity contribution in [2.24, 2.45) is 0 Å². The molecule has 1 aromatic heterocycles. The SMILES string of the molecule is Brc1cccc(Br)c1Nc1ncncc1I. The van der Waals surface area contributed by atoms with Gasteiger partial charge in [-0.1, -0.05) is 6.07 Å². The summed E-state index contributed by atoms with van der Waals surface area (Å²) in [5, 5.41) is 3.26. The number of benzene rings is 1. The first-order valence-corrected chi connectivity index (χ1v) is 7.01. The van der Waals surface area contributed by atoms with E-state index in [4.69, 9.17) is 0 Å². The molecule has 16 heavy (non-hydrogen) atoms. The van der Waals surface area contributed by atoms with E-state index in [1.54, 1.807) is 6.20 Å². The topological polar surface area (TPSA) is 37.8 Å². The molecule has 1 N–H and O–H groups in total. The van der Waals surface area contributed by atoms with Gasteiger partial charge in [-0.3, -0.25) is 0 Å². The molecule has 0 aliphatic carbocycles. The predicted molar refractivity (Wildman–Crippen MR) is 79.9 cm³/mol. The Balaban J connectivity index is 2.38. The molecule has 0 atom stereocenters. The van der Waals surface area contributed by atoms with Gasteiger partial charge in [-0.25, -0.2) is 9.97 Å². The molecule has 0 aliphatic heterocycles. The highest BCUT2D eigenvalue weighted by molar-refractivity contribution is 14.1. The third kappa shape index (κ3) is 2.72. The van der Waals surface area contributed by atoms with Gasteiger partial charge in [0.15, 0.2) is 0 Å². The van der Waals surface area contributed by atoms with Crippen molar-refractivity contribution in [3.05, 3.63) is 43.2 Å². The van der Waals surface area contributed by atoms with Crippen LogP contribution in [0.4, 0.5) is 11.5 Å². The Bertz CT molecular complexity index is 499. The van der Waals surface area contributed by atoms with Gasteiger partial charge in [-0.15, -0.1) is 0 Å². The molecule has 1 heterocycles. The fourth-order valence-electron chi connectivity index (χ4n) is 1.14. The highest BCUT2D eigenvalue weighted by Crippen LogP contribution is 2.33. The fraction of sp³-hybridized carbons (Fsp3) is 0. The second-order valence-corrected chi connectivity index (χ2v) is 5.81. The molecule has 0 aliphatic rings. The van der Waals surface area contributed by atoms with Gasteiger partial charge in [0.2, 0.25) is 0 Å². The van der Waals surface area contributed by atoms with Crippen molar-refractivity contribution >= 4 is 66.0 Å². The zero-order valence-corrected chi connectivity index (χ0v) is 13.2. The molecule has 0 bridgehead atoms. The molecule has 2 aromatic rings. The maximum absolute atomic E-state index is 4.18. The first-order valence-electron chi connectivity index (χ1n) is 4.35. The minimum atomic E-state index is 0.795. The highest BCUT2D eigenvalue weighted by Gasteiger charge is 2.07. The van der Waals surface area contributed by atoms with Crippen LogP contribution in [0.1, 0.15) is 0 Å². The Morgan fingerprint density at radius 1 is 1.19 bits per heavy atom. The minimum Gasteiger partial charge on any atom is -0.337 e. The van der Waals surface area contributed by atoms with Crippen molar-refractivity contribution < 1.29 is 0 Å². The summed E-state index contributed by atoms with van der Waals surface area (Å²) in [6, 6.07) is 5.91. The third-order valence-electron chi connectivity index (χ3n) is 1.87. The summed E-state index contributed by atoms with van der Waals surface area (Å²) in [5.74, 6) is 0.795. The van der Waals surface area contributed by atoms with Gasteiger partial charge < -0.3 is 5.32 Å². The van der Waals surface area contributed by atoms with Gasteiger partial charge in [-0.2, -0.15) is 0 Å². The lowest BCUT2D eigenvalue weighted by Gasteiger charge is -2.10. The zero-order chi connectivity index (χ0) is 11.5. The van der Waals surface area contributed by atoms with Gasteiger partial charge in [0, 0.05) is 15.1 Å². The largest absolute Gasteiger partial charge is 0.337 e. The molecule has 1 aromatic carbocycles. The van der Waals surface area contributed by atoms with Crippen LogP contribution in [-0.2, 0) is 0 Å². The van der Waals surface area contributed by atoms with Gasteiger partial charge in [0.25, 0.3) is 0 Å². The van der Waals surface area contributed by atoms with E-state index >= 15 is 0 Å². The van der Waals surface area contributed by atoms with E-state index in [0.29, 0.717) is 0 Å². The summed E-state index contributed by atoms with van der Waals surface area (Å²) in [4.78, 5) is 8.13. The summed E-state index contributed by atoms with van der Waals surface area (Å²) in [6.07, 6.45) is 3.29. The summed E-state index contributed by atoms with van der Waals surface area (Å²) < 4.78 is 2.94. The summed E-state index contributed by atoms with van der Waals surface area (Å²) >= 11 is 9.17. The van der Waals surface area contributed by atoms with Crippen LogP contribution in [0.2, 0.25) is 0 Å². The number of hydrogen-bond donors (Lipinski definition) is 1. The van der Waals surface area contributed by atoms with Crippen molar-refractivity contribution in [1.82, 2.24) is 9.97 Å². The molecular formula is C10H6Br2IN3. The molecule has 0 saturated heterocycles. The van der Waals surface area contributed by atoms with E-state index in [1.807, 2.05) is 18.2 Å². The lowest BCUT2D eigenvalue weighted by molar-refractivity contribution is 1.15. The van der Waals surface area contributed by atoms with Crippen LogP contribution in [0, 0.1) is 3.57 Å². The number of nitrogens with zero attached hydrogens (tertiary/aromatic N) is 2. The van der Waals surface area contributed by atoms with Crippen LogP contribution in [-0.4, -0.2) is 9.97 Å². The fourth-order valence-corrected chi connectivity index (χ4v) is 2.77. The number of halogens is 3. The molecule has 0 unspecified atom stereocenters. The molecule has 0 saturated carbocycles. The number of anilines is 2. The van der Waals surface area contributed by atoms with E-state index in [0.717, 1.165) is 24.0 Å². The monoisotopic (exact) mass is 453 g/mol. The molecule has 82 valence electrons. The van der Waals surface area contributed by atoms with Gasteiger partial charge >= 0.3 is 0 Å². The van der Waals surface area contributed by atoms with E-state index in [-0.39, 0.29) is 0 Å². The number of hydrogen-bond acceptors (Lipinski definition) is 3. The van der Waals surface area contributed by atoms with Crippen molar-refractivity contribution in [3.8, 4) is 0 Å². The Kier molecular flexibility index (Phi) is 4.15. The second kappa shape index (κ2) is 5.42. The van der Waals surface area contributed by atoms with E-state index in [2.05, 4.69) is 69.7 Å². The van der Waals surface area contributed by atoms with Crippen molar-refractivity contribution in [1.29, 1.82) is 0 Å². The third-order valence-corrected chi connectivity index (χ3v) is 3.98. The normalized spacial score (nSPS) is 10.2. The summed E-state index contributed by atoms with van der Waals surface area (Å²) in [7, 11) is 0. The molecule has 0 amide bonds. The molecule has 3 nitrogen and oxygen atoms in total. The summed E-state index contributed by atoms with van der Waals surface area (Å²) in [5.41, 5.74) is 0.958. The van der Waals surface area contributed by atoms with E-state index < -0.39 is 0 Å². The minimum absolute atomic E-state index is 0.795. The number of para-hydroxylation sites is 1. The molecular weight excluding hydrogens is 449 g/mol. The standard InChI is InChI=1S/C10H6Br2IN3/c11-6-2-1-3-7(12)9(6)16-10-8(13)4-14-5-15-10/h1-5H,(H,14,15,16). The van der Waals surface area contributed by atoms with Crippen LogP contribution in [0.5, 0.6) is 0 Å². The number of aromatic nitrogens is 2. The van der Waals surface area contributed by atoms with Crippen LogP contribution < -0.4 is 5.32 Å². The zero-order valence-electron chi connectivity index (χ0n) is 7.92. The van der Waals surface area contributed by atoms with Gasteiger partial charge in [0.05, 0.1) is 9.26 Å². The maximum atomic E-state index is 4.18.